The van der Waals surface area contributed by atoms with Gasteiger partial charge in [0.1, 0.15) is 0 Å². The van der Waals surface area contributed by atoms with E-state index >= 15 is 0 Å². The van der Waals surface area contributed by atoms with E-state index in [0.717, 1.165) is 26.1 Å². The molecule has 0 bridgehead atoms. The fourth-order valence-electron chi connectivity index (χ4n) is 2.89. The maximum Gasteiger partial charge on any atom is 0.0271 e. The molecule has 2 aromatic rings. The minimum atomic E-state index is 0.539. The van der Waals surface area contributed by atoms with E-state index in [9.17, 15) is 0 Å². The topological polar surface area (TPSA) is 28.2 Å². The molecule has 3 rings (SSSR count). The van der Waals surface area contributed by atoms with E-state index in [1.807, 2.05) is 12.4 Å². The fraction of sp³-hybridized carbons (Fsp3) is 0.353. The average Bonchev–Trinajstić information content (AvgIpc) is 2.48. The Hall–Kier alpha value is -1.71. The normalized spacial score (nSPS) is 18.0. The van der Waals surface area contributed by atoms with Crippen LogP contribution in [0.4, 0.5) is 0 Å². The Morgan fingerprint density at radius 2 is 1.90 bits per heavy atom. The molecule has 1 atom stereocenters. The van der Waals surface area contributed by atoms with E-state index in [-0.39, 0.29) is 0 Å². The second-order valence-corrected chi connectivity index (χ2v) is 5.60. The molecule has 3 nitrogen and oxygen atoms in total. The highest BCUT2D eigenvalue weighted by molar-refractivity contribution is 5.30. The molecule has 1 aliphatic rings. The summed E-state index contributed by atoms with van der Waals surface area (Å²) in [6.45, 7) is 3.03. The number of hydrogen-bond acceptors (Lipinski definition) is 3. The van der Waals surface area contributed by atoms with Gasteiger partial charge in [0, 0.05) is 38.1 Å². The van der Waals surface area contributed by atoms with Crippen molar-refractivity contribution in [3.05, 3.63) is 65.5 Å². The van der Waals surface area contributed by atoms with Crippen molar-refractivity contribution in [1.82, 2.24) is 15.2 Å². The molecule has 1 aliphatic heterocycles. The van der Waals surface area contributed by atoms with Gasteiger partial charge in [0.25, 0.3) is 0 Å². The number of aromatic nitrogens is 1. The lowest BCUT2D eigenvalue weighted by molar-refractivity contribution is 0.274. The molecule has 0 fully saturated rings. The largest absolute Gasteiger partial charge is 0.308 e. The summed E-state index contributed by atoms with van der Waals surface area (Å²) in [6.07, 6.45) is 4.84. The van der Waals surface area contributed by atoms with E-state index in [0.29, 0.717) is 6.04 Å². The predicted octanol–water partition coefficient (Wildman–Crippen LogP) is 2.23. The van der Waals surface area contributed by atoms with Gasteiger partial charge < -0.3 is 10.2 Å². The minimum Gasteiger partial charge on any atom is -0.308 e. The van der Waals surface area contributed by atoms with Crippen LogP contribution in [0.3, 0.4) is 0 Å². The first-order valence-electron chi connectivity index (χ1n) is 7.19. The van der Waals surface area contributed by atoms with Crippen LogP contribution in [-0.2, 0) is 19.5 Å². The number of likely N-dealkylation sites (N-methyl/N-ethyl adjacent to an activating group) is 1. The van der Waals surface area contributed by atoms with Crippen LogP contribution in [0.1, 0.15) is 16.7 Å². The molecule has 0 aliphatic carbocycles. The van der Waals surface area contributed by atoms with Crippen molar-refractivity contribution >= 4 is 0 Å². The summed E-state index contributed by atoms with van der Waals surface area (Å²) in [4.78, 5) is 6.44. The number of pyridine rings is 1. The molecule has 2 heterocycles. The van der Waals surface area contributed by atoms with Crippen LogP contribution in [0.5, 0.6) is 0 Å². The Labute approximate surface area is 120 Å². The second kappa shape index (κ2) is 6.16. The van der Waals surface area contributed by atoms with Gasteiger partial charge in [-0.2, -0.15) is 0 Å². The third-order valence-electron chi connectivity index (χ3n) is 3.90. The summed E-state index contributed by atoms with van der Waals surface area (Å²) in [7, 11) is 2.18. The van der Waals surface area contributed by atoms with Crippen LogP contribution in [0.25, 0.3) is 0 Å². The highest BCUT2D eigenvalue weighted by atomic mass is 15.1. The van der Waals surface area contributed by atoms with Crippen molar-refractivity contribution in [2.45, 2.75) is 25.6 Å². The molecule has 0 spiro atoms. The molecule has 3 heteroatoms. The zero-order valence-electron chi connectivity index (χ0n) is 11.9. The van der Waals surface area contributed by atoms with Crippen molar-refractivity contribution in [2.75, 3.05) is 13.6 Å². The Kier molecular flexibility index (Phi) is 4.09. The quantitative estimate of drug-likeness (QED) is 0.920. The first-order valence-corrected chi connectivity index (χ1v) is 7.19. The predicted molar refractivity (Wildman–Crippen MR) is 81.3 cm³/mol. The van der Waals surface area contributed by atoms with Gasteiger partial charge in [0.2, 0.25) is 0 Å². The molecule has 1 unspecified atom stereocenters. The standard InChI is InChI=1S/C17H21N3/c1-20(12-14-6-8-18-9-7-14)13-17-10-15-4-2-3-5-16(15)11-19-17/h2-9,17,19H,10-13H2,1H3. The zero-order valence-corrected chi connectivity index (χ0v) is 11.9. The van der Waals surface area contributed by atoms with Crippen LogP contribution in [0, 0.1) is 0 Å². The molecule has 0 saturated heterocycles. The number of fused-ring (bicyclic) bond motifs is 1. The van der Waals surface area contributed by atoms with Gasteiger partial charge in [0.05, 0.1) is 0 Å². The van der Waals surface area contributed by atoms with Crippen molar-refractivity contribution in [3.63, 3.8) is 0 Å². The van der Waals surface area contributed by atoms with E-state index in [1.54, 1.807) is 0 Å². The molecule has 1 aromatic carbocycles. The molecule has 0 radical (unpaired) electrons. The zero-order chi connectivity index (χ0) is 13.8. The smallest absolute Gasteiger partial charge is 0.0271 e. The Morgan fingerprint density at radius 1 is 1.15 bits per heavy atom. The number of nitrogens with one attached hydrogen (secondary N) is 1. The molecule has 1 aromatic heterocycles. The molecule has 20 heavy (non-hydrogen) atoms. The van der Waals surface area contributed by atoms with Gasteiger partial charge in [0.15, 0.2) is 0 Å². The van der Waals surface area contributed by atoms with Crippen molar-refractivity contribution in [3.8, 4) is 0 Å². The molecule has 1 N–H and O–H groups in total. The number of rotatable bonds is 4. The van der Waals surface area contributed by atoms with Gasteiger partial charge in [-0.1, -0.05) is 24.3 Å². The first-order chi connectivity index (χ1) is 9.81. The van der Waals surface area contributed by atoms with Gasteiger partial charge in [-0.15, -0.1) is 0 Å². The number of hydrogen-bond donors (Lipinski definition) is 1. The molecule has 0 saturated carbocycles. The van der Waals surface area contributed by atoms with E-state index in [4.69, 9.17) is 0 Å². The third kappa shape index (κ3) is 3.24. The van der Waals surface area contributed by atoms with Gasteiger partial charge in [-0.25, -0.2) is 0 Å². The molecular weight excluding hydrogens is 246 g/mol. The summed E-state index contributed by atoms with van der Waals surface area (Å²) >= 11 is 0. The average molecular weight is 267 g/mol. The lowest BCUT2D eigenvalue weighted by Gasteiger charge is -2.29. The fourth-order valence-corrected chi connectivity index (χ4v) is 2.89. The van der Waals surface area contributed by atoms with Gasteiger partial charge >= 0.3 is 0 Å². The Morgan fingerprint density at radius 3 is 2.70 bits per heavy atom. The van der Waals surface area contributed by atoms with Gasteiger partial charge in [-0.05, 0) is 42.3 Å². The van der Waals surface area contributed by atoms with Crippen LogP contribution >= 0.6 is 0 Å². The maximum atomic E-state index is 4.06. The lowest BCUT2D eigenvalue weighted by atomic mass is 9.95. The summed E-state index contributed by atoms with van der Waals surface area (Å²) < 4.78 is 0. The number of benzene rings is 1. The Balaban J connectivity index is 1.57. The van der Waals surface area contributed by atoms with Crippen molar-refractivity contribution < 1.29 is 0 Å². The third-order valence-corrected chi connectivity index (χ3v) is 3.90. The second-order valence-electron chi connectivity index (χ2n) is 5.60. The van der Waals surface area contributed by atoms with Crippen LogP contribution < -0.4 is 5.32 Å². The van der Waals surface area contributed by atoms with Crippen molar-refractivity contribution in [1.29, 1.82) is 0 Å². The van der Waals surface area contributed by atoms with E-state index in [1.165, 1.54) is 16.7 Å². The number of nitrogens with zero attached hydrogens (tertiary/aromatic N) is 2. The molecular formula is C17H21N3. The maximum absolute atomic E-state index is 4.06. The summed E-state index contributed by atoms with van der Waals surface area (Å²) in [5.74, 6) is 0. The van der Waals surface area contributed by atoms with Crippen molar-refractivity contribution in [2.24, 2.45) is 0 Å². The summed E-state index contributed by atoms with van der Waals surface area (Å²) in [5.41, 5.74) is 4.26. The summed E-state index contributed by atoms with van der Waals surface area (Å²) in [5, 5.41) is 3.64. The highest BCUT2D eigenvalue weighted by Crippen LogP contribution is 2.16. The van der Waals surface area contributed by atoms with E-state index < -0.39 is 0 Å². The minimum absolute atomic E-state index is 0.539. The highest BCUT2D eigenvalue weighted by Gasteiger charge is 2.18. The van der Waals surface area contributed by atoms with Crippen LogP contribution in [-0.4, -0.2) is 29.5 Å². The Bertz CT molecular complexity index is 553. The monoisotopic (exact) mass is 267 g/mol. The molecule has 104 valence electrons. The molecule has 0 amide bonds. The van der Waals surface area contributed by atoms with Crippen LogP contribution in [0.2, 0.25) is 0 Å². The van der Waals surface area contributed by atoms with Crippen LogP contribution in [0.15, 0.2) is 48.8 Å². The van der Waals surface area contributed by atoms with E-state index in [2.05, 4.69) is 58.6 Å². The summed E-state index contributed by atoms with van der Waals surface area (Å²) in [6, 6.07) is 13.4. The van der Waals surface area contributed by atoms with Gasteiger partial charge in [-0.3, -0.25) is 4.98 Å². The lowest BCUT2D eigenvalue weighted by Crippen LogP contribution is -2.43. The SMILES string of the molecule is CN(Cc1ccncc1)CC1Cc2ccccc2CN1. The first kappa shape index (κ1) is 13.3.